The molecule has 4 aliphatic rings. The Morgan fingerprint density at radius 3 is 3.05 bits per heavy atom. The molecule has 2 fully saturated rings. The molecule has 3 heterocycles. The highest BCUT2D eigenvalue weighted by Gasteiger charge is 2.60. The van der Waals surface area contributed by atoms with Gasteiger partial charge in [0.05, 0.1) is 5.41 Å². The zero-order valence-electron chi connectivity index (χ0n) is 12.8. The molecule has 112 valence electrons. The normalized spacial score (nSPS) is 37.0. The summed E-state index contributed by atoms with van der Waals surface area (Å²) in [5, 5.41) is 3.62. The van der Waals surface area contributed by atoms with Crippen LogP contribution >= 0.6 is 0 Å². The van der Waals surface area contributed by atoms with Gasteiger partial charge in [0.1, 0.15) is 6.29 Å². The third-order valence-corrected chi connectivity index (χ3v) is 6.37. The summed E-state index contributed by atoms with van der Waals surface area (Å²) in [5.41, 5.74) is 6.25. The first-order valence-corrected chi connectivity index (χ1v) is 8.25. The maximum Gasteiger partial charge on any atom is 0.148 e. The molecule has 3 aliphatic heterocycles. The molecule has 0 amide bonds. The van der Waals surface area contributed by atoms with E-state index in [1.54, 1.807) is 0 Å². The van der Waals surface area contributed by atoms with E-state index in [1.165, 1.54) is 22.5 Å². The topological polar surface area (TPSA) is 32.3 Å². The third kappa shape index (κ3) is 1.25. The van der Waals surface area contributed by atoms with Crippen LogP contribution in [-0.2, 0) is 10.2 Å². The van der Waals surface area contributed by atoms with Crippen LogP contribution in [0.1, 0.15) is 25.3 Å². The SMILES string of the molecule is C/C=C1\CN2CC[C@]34C(=C(C=O)[C@@H]1C[C@H]23)Nc1ccccc14. The molecule has 0 unspecified atom stereocenters. The van der Waals surface area contributed by atoms with Crippen LogP contribution in [0.3, 0.4) is 0 Å². The van der Waals surface area contributed by atoms with Crippen molar-refractivity contribution in [3.8, 4) is 0 Å². The molecule has 3 atom stereocenters. The number of nitrogens with one attached hydrogen (secondary N) is 1. The predicted octanol–water partition coefficient (Wildman–Crippen LogP) is 2.86. The molecular weight excluding hydrogens is 272 g/mol. The molecule has 2 saturated heterocycles. The summed E-state index contributed by atoms with van der Waals surface area (Å²) in [5.74, 6) is 0.312. The fourth-order valence-electron chi connectivity index (χ4n) is 5.44. The highest BCUT2D eigenvalue weighted by molar-refractivity contribution is 5.84. The first kappa shape index (κ1) is 12.7. The van der Waals surface area contributed by atoms with E-state index in [9.17, 15) is 4.79 Å². The number of fused-ring (bicyclic) bond motifs is 2. The van der Waals surface area contributed by atoms with Crippen molar-refractivity contribution in [1.82, 2.24) is 4.90 Å². The number of hydrogen-bond acceptors (Lipinski definition) is 3. The van der Waals surface area contributed by atoms with E-state index in [4.69, 9.17) is 0 Å². The van der Waals surface area contributed by atoms with Crippen LogP contribution in [0.4, 0.5) is 5.69 Å². The van der Waals surface area contributed by atoms with Crippen molar-refractivity contribution in [1.29, 1.82) is 0 Å². The number of piperidine rings is 1. The van der Waals surface area contributed by atoms with Crippen LogP contribution in [0.25, 0.3) is 0 Å². The van der Waals surface area contributed by atoms with Crippen molar-refractivity contribution < 1.29 is 4.79 Å². The second kappa shape index (κ2) is 4.11. The van der Waals surface area contributed by atoms with Crippen LogP contribution in [0.5, 0.6) is 0 Å². The van der Waals surface area contributed by atoms with Crippen LogP contribution in [0, 0.1) is 5.92 Å². The minimum Gasteiger partial charge on any atom is -0.358 e. The Balaban J connectivity index is 1.83. The highest BCUT2D eigenvalue weighted by Crippen LogP contribution is 2.60. The molecule has 0 saturated carbocycles. The average molecular weight is 292 g/mol. The number of benzene rings is 1. The van der Waals surface area contributed by atoms with Crippen LogP contribution in [-0.4, -0.2) is 30.3 Å². The van der Waals surface area contributed by atoms with Gasteiger partial charge in [-0.1, -0.05) is 29.8 Å². The minimum atomic E-state index is 0.0304. The fraction of sp³-hybridized carbons (Fsp3) is 0.421. The number of carbonyl (C=O) groups is 1. The van der Waals surface area contributed by atoms with Crippen LogP contribution in [0.2, 0.25) is 0 Å². The van der Waals surface area contributed by atoms with E-state index in [1.807, 2.05) is 0 Å². The monoisotopic (exact) mass is 292 g/mol. The second-order valence-corrected chi connectivity index (χ2v) is 6.98. The van der Waals surface area contributed by atoms with E-state index in [-0.39, 0.29) is 5.41 Å². The summed E-state index contributed by atoms with van der Waals surface area (Å²) in [4.78, 5) is 14.6. The van der Waals surface area contributed by atoms with Crippen molar-refractivity contribution in [2.24, 2.45) is 5.92 Å². The summed E-state index contributed by atoms with van der Waals surface area (Å²) < 4.78 is 0. The summed E-state index contributed by atoms with van der Waals surface area (Å²) in [6.45, 7) is 4.26. The number of rotatable bonds is 1. The molecule has 2 bridgehead atoms. The van der Waals surface area contributed by atoms with Crippen molar-refractivity contribution >= 4 is 12.0 Å². The molecule has 1 aromatic carbocycles. The number of carbonyl (C=O) groups excluding carboxylic acids is 1. The number of anilines is 1. The lowest BCUT2D eigenvalue weighted by atomic mass is 9.62. The number of aldehydes is 1. The number of nitrogens with zero attached hydrogens (tertiary/aromatic N) is 1. The van der Waals surface area contributed by atoms with E-state index in [0.717, 1.165) is 37.8 Å². The van der Waals surface area contributed by atoms with Gasteiger partial charge in [0.25, 0.3) is 0 Å². The lowest BCUT2D eigenvalue weighted by Crippen LogP contribution is -2.52. The molecule has 1 N–H and O–H groups in total. The highest BCUT2D eigenvalue weighted by atomic mass is 16.1. The Morgan fingerprint density at radius 1 is 1.36 bits per heavy atom. The van der Waals surface area contributed by atoms with Crippen LogP contribution in [0.15, 0.2) is 47.2 Å². The quantitative estimate of drug-likeness (QED) is 0.638. The Hall–Kier alpha value is -1.87. The zero-order chi connectivity index (χ0) is 14.9. The van der Waals surface area contributed by atoms with E-state index >= 15 is 0 Å². The summed E-state index contributed by atoms with van der Waals surface area (Å²) in [7, 11) is 0. The first-order valence-electron chi connectivity index (χ1n) is 8.25. The van der Waals surface area contributed by atoms with Gasteiger partial charge in [-0.2, -0.15) is 0 Å². The zero-order valence-corrected chi connectivity index (χ0v) is 12.8. The second-order valence-electron chi connectivity index (χ2n) is 6.98. The average Bonchev–Trinajstić information content (AvgIpc) is 3.11. The van der Waals surface area contributed by atoms with Crippen molar-refractivity contribution in [2.45, 2.75) is 31.2 Å². The Kier molecular flexibility index (Phi) is 2.36. The molecule has 1 aromatic rings. The number of hydrogen-bond donors (Lipinski definition) is 1. The van der Waals surface area contributed by atoms with E-state index < -0.39 is 0 Å². The van der Waals surface area contributed by atoms with Gasteiger partial charge in [0, 0.05) is 42.0 Å². The predicted molar refractivity (Wildman–Crippen MR) is 86.7 cm³/mol. The van der Waals surface area contributed by atoms with Crippen molar-refractivity contribution in [3.05, 3.63) is 52.7 Å². The first-order chi connectivity index (χ1) is 10.8. The summed E-state index contributed by atoms with van der Waals surface area (Å²) >= 11 is 0. The van der Waals surface area contributed by atoms with E-state index in [0.29, 0.717) is 12.0 Å². The van der Waals surface area contributed by atoms with Gasteiger partial charge >= 0.3 is 0 Å². The van der Waals surface area contributed by atoms with Gasteiger partial charge in [-0.3, -0.25) is 9.69 Å². The van der Waals surface area contributed by atoms with E-state index in [2.05, 4.69) is 47.5 Å². The number of para-hydroxylation sites is 1. The molecule has 3 heteroatoms. The minimum absolute atomic E-state index is 0.0304. The molecule has 3 nitrogen and oxygen atoms in total. The van der Waals surface area contributed by atoms with Gasteiger partial charge in [-0.15, -0.1) is 0 Å². The summed E-state index contributed by atoms with van der Waals surface area (Å²) in [6, 6.07) is 9.16. The molecule has 22 heavy (non-hydrogen) atoms. The smallest absolute Gasteiger partial charge is 0.148 e. The van der Waals surface area contributed by atoms with Crippen LogP contribution < -0.4 is 5.32 Å². The molecule has 0 aromatic heterocycles. The Labute approximate surface area is 130 Å². The standard InChI is InChI=1S/C19H20N2O/c1-2-12-10-21-8-7-19-15-5-3-4-6-16(15)20-18(19)14(11-22)13(12)9-17(19)21/h2-6,11,13,17,20H,7-10H2,1H3/b12-2+/t13-,17+,19-/m1/s1. The number of allylic oxidation sites excluding steroid dienone is 2. The lowest BCUT2D eigenvalue weighted by Gasteiger charge is -2.48. The fourth-order valence-corrected chi connectivity index (χ4v) is 5.44. The molecular formula is C19H20N2O. The van der Waals surface area contributed by atoms with Gasteiger partial charge in [0.2, 0.25) is 0 Å². The summed E-state index contributed by atoms with van der Waals surface area (Å²) in [6.07, 6.45) is 5.55. The molecule has 1 spiro atoms. The van der Waals surface area contributed by atoms with Crippen molar-refractivity contribution in [2.75, 3.05) is 18.4 Å². The Morgan fingerprint density at radius 2 is 2.23 bits per heavy atom. The van der Waals surface area contributed by atoms with Gasteiger partial charge in [0.15, 0.2) is 0 Å². The Bertz CT molecular complexity index is 748. The molecule has 5 rings (SSSR count). The molecule has 0 radical (unpaired) electrons. The van der Waals surface area contributed by atoms with Gasteiger partial charge in [-0.25, -0.2) is 0 Å². The van der Waals surface area contributed by atoms with Crippen molar-refractivity contribution in [3.63, 3.8) is 0 Å². The maximum absolute atomic E-state index is 11.9. The largest absolute Gasteiger partial charge is 0.358 e. The third-order valence-electron chi connectivity index (χ3n) is 6.37. The van der Waals surface area contributed by atoms with Gasteiger partial charge < -0.3 is 5.32 Å². The van der Waals surface area contributed by atoms with Gasteiger partial charge in [-0.05, 0) is 31.4 Å². The lowest BCUT2D eigenvalue weighted by molar-refractivity contribution is -0.105. The molecule has 1 aliphatic carbocycles. The maximum atomic E-state index is 11.9.